The Hall–Kier alpha value is -1.93. The van der Waals surface area contributed by atoms with Gasteiger partial charge in [0.1, 0.15) is 16.8 Å². The molecule has 7 nitrogen and oxygen atoms in total. The zero-order valence-corrected chi connectivity index (χ0v) is 16.2. The molecule has 0 spiro atoms. The zero-order valence-electron chi connectivity index (χ0n) is 14.6. The van der Waals surface area contributed by atoms with Crippen molar-refractivity contribution in [2.75, 3.05) is 25.6 Å². The van der Waals surface area contributed by atoms with Gasteiger partial charge >= 0.3 is 0 Å². The number of hydrogen-bond acceptors (Lipinski definition) is 6. The van der Waals surface area contributed by atoms with Crippen LogP contribution in [-0.4, -0.2) is 51.1 Å². The maximum absolute atomic E-state index is 13.2. The quantitative estimate of drug-likeness (QED) is 0.864. The summed E-state index contributed by atoms with van der Waals surface area (Å²) in [5.74, 6) is 1.50. The highest BCUT2D eigenvalue weighted by atomic mass is 35.5. The molecule has 9 heteroatoms. The van der Waals surface area contributed by atoms with Crippen LogP contribution >= 0.6 is 23.4 Å². The first-order chi connectivity index (χ1) is 12.6. The molecule has 0 aliphatic carbocycles. The van der Waals surface area contributed by atoms with Crippen LogP contribution in [0.3, 0.4) is 0 Å². The second-order valence-corrected chi connectivity index (χ2v) is 7.95. The van der Waals surface area contributed by atoms with Gasteiger partial charge in [-0.15, -0.1) is 10.2 Å². The van der Waals surface area contributed by atoms with Gasteiger partial charge in [0, 0.05) is 13.1 Å². The number of carbonyl (C=O) groups excluding carboxylic acids is 1. The molecular weight excluding hydrogens is 374 g/mol. The third-order valence-electron chi connectivity index (χ3n) is 4.79. The van der Waals surface area contributed by atoms with E-state index in [1.165, 1.54) is 11.8 Å². The van der Waals surface area contributed by atoms with Gasteiger partial charge in [0.15, 0.2) is 0 Å². The van der Waals surface area contributed by atoms with Crippen LogP contribution in [0.15, 0.2) is 23.4 Å². The van der Waals surface area contributed by atoms with Crippen molar-refractivity contribution >= 4 is 29.3 Å². The first-order valence-corrected chi connectivity index (χ1v) is 9.81. The number of aromatic nitrogens is 3. The summed E-state index contributed by atoms with van der Waals surface area (Å²) in [6.07, 6.45) is 2.12. The molecule has 1 amide bonds. The number of hydrogen-bond donors (Lipinski definition) is 1. The predicted molar refractivity (Wildman–Crippen MR) is 100 cm³/mol. The van der Waals surface area contributed by atoms with Gasteiger partial charge in [-0.05, 0) is 37.5 Å². The second-order valence-electron chi connectivity index (χ2n) is 6.44. The maximum atomic E-state index is 13.2. The standard InChI is InChI=1S/C17H20ClN5O2S/c1-10-19-20-17-23(10)21-14(11-5-6-13(25-2)12(18)9-11)15(26-17)16(24)22-7-3-4-8-22/h5-6,9,14-15,21H,3-4,7-8H2,1-2H3/t14-,15-/m1/s1. The average Bonchev–Trinajstić information content (AvgIpc) is 3.30. The van der Waals surface area contributed by atoms with Crippen LogP contribution in [0.1, 0.15) is 30.3 Å². The minimum atomic E-state index is -0.325. The normalized spacial score (nSPS) is 22.0. The number of thioether (sulfide) groups is 1. The molecule has 2 aromatic rings. The van der Waals surface area contributed by atoms with Gasteiger partial charge in [0.25, 0.3) is 0 Å². The summed E-state index contributed by atoms with van der Waals surface area (Å²) in [6.45, 7) is 3.51. The van der Waals surface area contributed by atoms with Crippen molar-refractivity contribution in [2.45, 2.75) is 36.2 Å². The van der Waals surface area contributed by atoms with Gasteiger partial charge in [-0.1, -0.05) is 29.4 Å². The number of amides is 1. The molecule has 0 saturated carbocycles. The van der Waals surface area contributed by atoms with Gasteiger partial charge in [-0.3, -0.25) is 4.79 Å². The number of rotatable bonds is 3. The highest BCUT2D eigenvalue weighted by Crippen LogP contribution is 2.40. The van der Waals surface area contributed by atoms with E-state index in [1.54, 1.807) is 7.11 Å². The van der Waals surface area contributed by atoms with Crippen molar-refractivity contribution in [3.05, 3.63) is 34.6 Å². The summed E-state index contributed by atoms with van der Waals surface area (Å²) >= 11 is 7.78. The molecule has 0 unspecified atom stereocenters. The number of likely N-dealkylation sites (tertiary alicyclic amines) is 1. The van der Waals surface area contributed by atoms with Crippen molar-refractivity contribution in [3.63, 3.8) is 0 Å². The number of fused-ring (bicyclic) bond motifs is 1. The smallest absolute Gasteiger partial charge is 0.238 e. The van der Waals surface area contributed by atoms with Crippen LogP contribution in [0.4, 0.5) is 0 Å². The lowest BCUT2D eigenvalue weighted by Crippen LogP contribution is -2.45. The topological polar surface area (TPSA) is 72.3 Å². The van der Waals surface area contributed by atoms with E-state index in [-0.39, 0.29) is 17.2 Å². The third kappa shape index (κ3) is 3.01. The lowest BCUT2D eigenvalue weighted by molar-refractivity contribution is -0.129. The summed E-state index contributed by atoms with van der Waals surface area (Å²) in [4.78, 5) is 15.1. The highest BCUT2D eigenvalue weighted by molar-refractivity contribution is 8.00. The van der Waals surface area contributed by atoms with Crippen LogP contribution in [-0.2, 0) is 4.79 Å². The molecule has 1 N–H and O–H groups in total. The number of halogens is 1. The number of aryl methyl sites for hydroxylation is 1. The van der Waals surface area contributed by atoms with E-state index in [0.717, 1.165) is 37.3 Å². The molecule has 138 valence electrons. The van der Waals surface area contributed by atoms with Crippen LogP contribution in [0, 0.1) is 6.92 Å². The zero-order chi connectivity index (χ0) is 18.3. The van der Waals surface area contributed by atoms with E-state index < -0.39 is 0 Å². The summed E-state index contributed by atoms with van der Waals surface area (Å²) < 4.78 is 7.08. The molecule has 1 aromatic heterocycles. The summed E-state index contributed by atoms with van der Waals surface area (Å²) in [7, 11) is 1.59. The fraction of sp³-hybridized carbons (Fsp3) is 0.471. The second kappa shape index (κ2) is 7.00. The molecule has 2 aliphatic heterocycles. The van der Waals surface area contributed by atoms with Crippen LogP contribution in [0.25, 0.3) is 0 Å². The van der Waals surface area contributed by atoms with E-state index >= 15 is 0 Å². The summed E-state index contributed by atoms with van der Waals surface area (Å²) in [6, 6.07) is 5.39. The Morgan fingerprint density at radius 3 is 2.81 bits per heavy atom. The monoisotopic (exact) mass is 393 g/mol. The first-order valence-electron chi connectivity index (χ1n) is 8.56. The molecule has 0 radical (unpaired) electrons. The SMILES string of the molecule is COc1ccc([C@H]2Nn3c(C)nnc3S[C@H]2C(=O)N2CCCC2)cc1Cl. The Balaban J connectivity index is 1.71. The van der Waals surface area contributed by atoms with Crippen molar-refractivity contribution in [1.29, 1.82) is 0 Å². The molecule has 2 atom stereocenters. The fourth-order valence-corrected chi connectivity index (χ4v) is 4.87. The number of benzene rings is 1. The average molecular weight is 394 g/mol. The highest BCUT2D eigenvalue weighted by Gasteiger charge is 2.40. The molecule has 1 fully saturated rings. The Morgan fingerprint density at radius 1 is 1.35 bits per heavy atom. The van der Waals surface area contributed by atoms with Crippen molar-refractivity contribution in [2.24, 2.45) is 0 Å². The van der Waals surface area contributed by atoms with E-state index in [2.05, 4.69) is 15.6 Å². The van der Waals surface area contributed by atoms with E-state index in [9.17, 15) is 4.79 Å². The van der Waals surface area contributed by atoms with Crippen LogP contribution < -0.4 is 10.2 Å². The molecule has 2 aliphatic rings. The Kier molecular flexibility index (Phi) is 4.71. The van der Waals surface area contributed by atoms with E-state index in [4.69, 9.17) is 16.3 Å². The number of carbonyl (C=O) groups is 1. The van der Waals surface area contributed by atoms with Gasteiger partial charge in [-0.25, -0.2) is 4.68 Å². The molecular formula is C17H20ClN5O2S. The Labute approximate surface area is 161 Å². The third-order valence-corrected chi connectivity index (χ3v) is 6.29. The van der Waals surface area contributed by atoms with Gasteiger partial charge in [-0.2, -0.15) is 0 Å². The first kappa shape index (κ1) is 17.5. The van der Waals surface area contributed by atoms with Crippen molar-refractivity contribution in [1.82, 2.24) is 19.8 Å². The van der Waals surface area contributed by atoms with Gasteiger partial charge < -0.3 is 15.1 Å². The molecule has 0 bridgehead atoms. The summed E-state index contributed by atoms with van der Waals surface area (Å²) in [5.41, 5.74) is 4.33. The van der Waals surface area contributed by atoms with Gasteiger partial charge in [0.2, 0.25) is 11.1 Å². The van der Waals surface area contributed by atoms with Crippen LogP contribution in [0.5, 0.6) is 5.75 Å². The lowest BCUT2D eigenvalue weighted by Gasteiger charge is -2.34. The Morgan fingerprint density at radius 2 is 2.12 bits per heavy atom. The van der Waals surface area contributed by atoms with Crippen LogP contribution in [0.2, 0.25) is 5.02 Å². The van der Waals surface area contributed by atoms with Crippen molar-refractivity contribution in [3.8, 4) is 5.75 Å². The largest absolute Gasteiger partial charge is 0.495 e. The molecule has 26 heavy (non-hydrogen) atoms. The number of nitrogens with one attached hydrogen (secondary N) is 1. The lowest BCUT2D eigenvalue weighted by atomic mass is 10.0. The number of methoxy groups -OCH3 is 1. The minimum Gasteiger partial charge on any atom is -0.495 e. The van der Waals surface area contributed by atoms with E-state index in [1.807, 2.05) is 34.7 Å². The number of nitrogens with zero attached hydrogens (tertiary/aromatic N) is 4. The van der Waals surface area contributed by atoms with Crippen molar-refractivity contribution < 1.29 is 9.53 Å². The number of ether oxygens (including phenoxy) is 1. The molecule has 3 heterocycles. The molecule has 1 saturated heterocycles. The molecule has 1 aromatic carbocycles. The maximum Gasteiger partial charge on any atom is 0.238 e. The minimum absolute atomic E-state index is 0.129. The Bertz CT molecular complexity index is 837. The predicted octanol–water partition coefficient (Wildman–Crippen LogP) is 2.63. The summed E-state index contributed by atoms with van der Waals surface area (Å²) in [5, 5.41) is 9.21. The van der Waals surface area contributed by atoms with E-state index in [0.29, 0.717) is 15.9 Å². The fourth-order valence-electron chi connectivity index (χ4n) is 3.39. The molecule has 4 rings (SSSR count). The van der Waals surface area contributed by atoms with Gasteiger partial charge in [0.05, 0.1) is 18.2 Å².